The van der Waals surface area contributed by atoms with Crippen molar-refractivity contribution in [3.05, 3.63) is 42.1 Å². The molecule has 0 aliphatic heterocycles. The summed E-state index contributed by atoms with van der Waals surface area (Å²) in [6, 6.07) is 7.41. The molecule has 0 saturated carbocycles. The van der Waals surface area contributed by atoms with Crippen LogP contribution in [0.3, 0.4) is 0 Å². The molecule has 9 heteroatoms. The van der Waals surface area contributed by atoms with Crippen LogP contribution in [0.5, 0.6) is 0 Å². The Balaban J connectivity index is 1.92. The van der Waals surface area contributed by atoms with Gasteiger partial charge in [-0.05, 0) is 18.1 Å². The fraction of sp³-hybridized carbons (Fsp3) is 0.455. The number of benzene rings is 1. The van der Waals surface area contributed by atoms with Crippen molar-refractivity contribution in [1.82, 2.24) is 15.6 Å². The van der Waals surface area contributed by atoms with E-state index in [1.54, 1.807) is 6.20 Å². The van der Waals surface area contributed by atoms with Crippen LogP contribution in [0.15, 0.2) is 36.5 Å². The minimum Gasteiger partial charge on any atom is -0.466 e. The molecule has 0 aliphatic rings. The lowest BCUT2D eigenvalue weighted by atomic mass is 10.1. The number of esters is 1. The van der Waals surface area contributed by atoms with Crippen molar-refractivity contribution in [2.75, 3.05) is 20.3 Å². The quantitative estimate of drug-likeness (QED) is 0.338. The van der Waals surface area contributed by atoms with Crippen LogP contribution in [0.2, 0.25) is 0 Å². The number of rotatable bonds is 12. The molecule has 1 heterocycles. The molecule has 2 aromatic rings. The first-order chi connectivity index (χ1) is 15.0. The number of pyridine rings is 1. The van der Waals surface area contributed by atoms with Gasteiger partial charge >= 0.3 is 5.97 Å². The van der Waals surface area contributed by atoms with Gasteiger partial charge in [-0.2, -0.15) is 0 Å². The largest absolute Gasteiger partial charge is 0.466 e. The highest BCUT2D eigenvalue weighted by Gasteiger charge is 2.25. The van der Waals surface area contributed by atoms with Gasteiger partial charge in [0.2, 0.25) is 11.8 Å². The summed E-state index contributed by atoms with van der Waals surface area (Å²) in [5.74, 6) is -1.61. The number of nitrogens with one attached hydrogen (secondary N) is 2. The molecule has 2 rings (SSSR count). The molecule has 1 aromatic heterocycles. The van der Waals surface area contributed by atoms with Gasteiger partial charge in [-0.15, -0.1) is 0 Å². The minimum atomic E-state index is -1.12. The van der Waals surface area contributed by atoms with Crippen molar-refractivity contribution in [2.45, 2.75) is 44.8 Å². The van der Waals surface area contributed by atoms with Gasteiger partial charge in [0.15, 0.2) is 0 Å². The zero-order valence-electron chi connectivity index (χ0n) is 17.9. The fourth-order valence-corrected chi connectivity index (χ4v) is 2.91. The Morgan fingerprint density at radius 1 is 1.16 bits per heavy atom. The topological polar surface area (TPSA) is 133 Å². The number of carbonyl (C=O) groups is 3. The Bertz CT molecular complexity index is 884. The van der Waals surface area contributed by atoms with Crippen LogP contribution in [0.1, 0.15) is 31.7 Å². The summed E-state index contributed by atoms with van der Waals surface area (Å²) in [4.78, 5) is 41.1. The van der Waals surface area contributed by atoms with Gasteiger partial charge in [-0.3, -0.25) is 19.4 Å². The number of methoxy groups -OCH3 is 1. The van der Waals surface area contributed by atoms with Crippen LogP contribution in [-0.4, -0.2) is 55.2 Å². The monoisotopic (exact) mass is 430 g/mol. The number of nitrogens with two attached hydrogens (primary N) is 1. The Labute approximate surface area is 181 Å². The summed E-state index contributed by atoms with van der Waals surface area (Å²) in [6.45, 7) is 2.46. The normalized spacial score (nSPS) is 12.7. The predicted molar refractivity (Wildman–Crippen MR) is 116 cm³/mol. The molecule has 0 radical (unpaired) electrons. The molecular weight excluding hydrogens is 400 g/mol. The highest BCUT2D eigenvalue weighted by molar-refractivity contribution is 5.92. The number of ether oxygens (including phenoxy) is 2. The second-order valence-electron chi connectivity index (χ2n) is 7.11. The van der Waals surface area contributed by atoms with E-state index in [2.05, 4.69) is 15.6 Å². The predicted octanol–water partition coefficient (Wildman–Crippen LogP) is 1.04. The highest BCUT2D eigenvalue weighted by atomic mass is 16.5. The summed E-state index contributed by atoms with van der Waals surface area (Å²) in [5, 5.41) is 6.29. The standard InChI is InChI=1S/C22H30N4O5/c1-3-4-11-31-19(27)12-17(23)21(28)26-18(14-30-2)22(29)25-13-16-8-5-7-15-9-6-10-24-20(15)16/h5-10,17-18H,3-4,11-14,23H2,1-2H3,(H,25,29)(H,26,28)/t17-,18-/m0/s1. The third kappa shape index (κ3) is 7.62. The maximum Gasteiger partial charge on any atom is 0.307 e. The van der Waals surface area contributed by atoms with Gasteiger partial charge < -0.3 is 25.8 Å². The average Bonchev–Trinajstić information content (AvgIpc) is 2.77. The lowest BCUT2D eigenvalue weighted by molar-refractivity contribution is -0.145. The van der Waals surface area contributed by atoms with Crippen molar-refractivity contribution in [3.63, 3.8) is 0 Å². The van der Waals surface area contributed by atoms with Crippen molar-refractivity contribution < 1.29 is 23.9 Å². The number of aromatic nitrogens is 1. The van der Waals surface area contributed by atoms with Crippen LogP contribution in [-0.2, 0) is 30.4 Å². The lowest BCUT2D eigenvalue weighted by Crippen LogP contribution is -2.53. The Kier molecular flexibility index (Phi) is 9.86. The molecule has 0 bridgehead atoms. The Hall–Kier alpha value is -3.04. The molecule has 4 N–H and O–H groups in total. The second-order valence-corrected chi connectivity index (χ2v) is 7.11. The van der Waals surface area contributed by atoms with Crippen molar-refractivity contribution in [1.29, 1.82) is 0 Å². The third-order valence-electron chi connectivity index (χ3n) is 4.62. The summed E-state index contributed by atoms with van der Waals surface area (Å²) in [6.07, 6.45) is 3.06. The van der Waals surface area contributed by atoms with E-state index < -0.39 is 29.9 Å². The molecule has 31 heavy (non-hydrogen) atoms. The number of hydrogen-bond donors (Lipinski definition) is 3. The van der Waals surface area contributed by atoms with Crippen molar-refractivity contribution in [3.8, 4) is 0 Å². The SMILES string of the molecule is CCCCOC(=O)C[C@H](N)C(=O)N[C@@H](COC)C(=O)NCc1cccc2cccnc12. The average molecular weight is 431 g/mol. The molecule has 168 valence electrons. The summed E-state index contributed by atoms with van der Waals surface area (Å²) < 4.78 is 10.1. The van der Waals surface area contributed by atoms with E-state index in [0.29, 0.717) is 6.61 Å². The van der Waals surface area contributed by atoms with E-state index in [-0.39, 0.29) is 19.6 Å². The van der Waals surface area contributed by atoms with Crippen LogP contribution in [0.4, 0.5) is 0 Å². The van der Waals surface area contributed by atoms with Crippen LogP contribution in [0, 0.1) is 0 Å². The smallest absolute Gasteiger partial charge is 0.307 e. The summed E-state index contributed by atoms with van der Waals surface area (Å²) in [7, 11) is 1.42. The minimum absolute atomic E-state index is 0.0426. The number of fused-ring (bicyclic) bond motifs is 1. The van der Waals surface area contributed by atoms with Gasteiger partial charge in [0.05, 0.1) is 31.2 Å². The molecule has 9 nitrogen and oxygen atoms in total. The van der Waals surface area contributed by atoms with E-state index in [9.17, 15) is 14.4 Å². The molecule has 0 unspecified atom stereocenters. The van der Waals surface area contributed by atoms with Crippen LogP contribution in [0.25, 0.3) is 10.9 Å². The zero-order valence-corrected chi connectivity index (χ0v) is 17.9. The molecule has 2 amide bonds. The first-order valence-electron chi connectivity index (χ1n) is 10.3. The maximum atomic E-state index is 12.6. The van der Waals surface area contributed by atoms with E-state index in [1.807, 2.05) is 37.3 Å². The molecule has 0 fully saturated rings. The first kappa shape index (κ1) is 24.2. The van der Waals surface area contributed by atoms with E-state index >= 15 is 0 Å². The molecule has 0 saturated heterocycles. The molecule has 0 aliphatic carbocycles. The van der Waals surface area contributed by atoms with E-state index in [0.717, 1.165) is 29.3 Å². The van der Waals surface area contributed by atoms with Gasteiger partial charge in [0.25, 0.3) is 0 Å². The van der Waals surface area contributed by atoms with Gasteiger partial charge in [-0.1, -0.05) is 37.6 Å². The van der Waals surface area contributed by atoms with E-state index in [1.165, 1.54) is 7.11 Å². The number of nitrogens with zero attached hydrogens (tertiary/aromatic N) is 1. The van der Waals surface area contributed by atoms with Crippen LogP contribution < -0.4 is 16.4 Å². The van der Waals surface area contributed by atoms with Crippen molar-refractivity contribution in [2.24, 2.45) is 5.73 Å². The number of amides is 2. The van der Waals surface area contributed by atoms with Crippen LogP contribution >= 0.6 is 0 Å². The molecule has 2 atom stereocenters. The zero-order chi connectivity index (χ0) is 22.6. The second kappa shape index (κ2) is 12.6. The summed E-state index contributed by atoms with van der Waals surface area (Å²) in [5.41, 5.74) is 7.44. The van der Waals surface area contributed by atoms with E-state index in [4.69, 9.17) is 15.2 Å². The van der Waals surface area contributed by atoms with Gasteiger partial charge in [0, 0.05) is 25.2 Å². The molecular formula is C22H30N4O5. The van der Waals surface area contributed by atoms with Crippen molar-refractivity contribution >= 4 is 28.7 Å². The molecule has 1 aromatic carbocycles. The first-order valence-corrected chi connectivity index (χ1v) is 10.3. The number of hydrogen-bond acceptors (Lipinski definition) is 7. The summed E-state index contributed by atoms with van der Waals surface area (Å²) >= 11 is 0. The highest BCUT2D eigenvalue weighted by Crippen LogP contribution is 2.15. The Morgan fingerprint density at radius 3 is 2.68 bits per heavy atom. The fourth-order valence-electron chi connectivity index (χ4n) is 2.91. The van der Waals surface area contributed by atoms with Gasteiger partial charge in [0.1, 0.15) is 6.04 Å². The third-order valence-corrected chi connectivity index (χ3v) is 4.62. The Morgan fingerprint density at radius 2 is 1.94 bits per heavy atom. The number of carbonyl (C=O) groups excluding carboxylic acids is 3. The molecule has 0 spiro atoms. The lowest BCUT2D eigenvalue weighted by Gasteiger charge is -2.20. The van der Waals surface area contributed by atoms with Gasteiger partial charge in [-0.25, -0.2) is 0 Å². The number of para-hydroxylation sites is 1. The maximum absolute atomic E-state index is 12.6. The number of unbranched alkanes of at least 4 members (excludes halogenated alkanes) is 1.